The summed E-state index contributed by atoms with van der Waals surface area (Å²) >= 11 is 0. The minimum atomic E-state index is -1.22. The zero-order chi connectivity index (χ0) is 22.1. The summed E-state index contributed by atoms with van der Waals surface area (Å²) in [5.41, 5.74) is 1.10. The summed E-state index contributed by atoms with van der Waals surface area (Å²) in [7, 11) is 0. The predicted molar refractivity (Wildman–Crippen MR) is 115 cm³/mol. The number of rotatable bonds is 5. The van der Waals surface area contributed by atoms with E-state index in [4.69, 9.17) is 0 Å². The fourth-order valence-electron chi connectivity index (χ4n) is 4.25. The smallest absolute Gasteiger partial charge is 0.184 e. The molecular formula is C24H24F3N3O. The zero-order valence-corrected chi connectivity index (χ0v) is 17.5. The van der Waals surface area contributed by atoms with E-state index in [1.807, 2.05) is 12.1 Å². The molecule has 1 aromatic heterocycles. The van der Waals surface area contributed by atoms with E-state index < -0.39 is 17.5 Å². The number of likely N-dealkylation sites (tertiary alicyclic amines) is 1. The van der Waals surface area contributed by atoms with Gasteiger partial charge in [0.2, 0.25) is 0 Å². The number of aromatic nitrogens is 2. The lowest BCUT2D eigenvalue weighted by Gasteiger charge is -2.33. The van der Waals surface area contributed by atoms with Gasteiger partial charge in [-0.2, -0.15) is 0 Å². The van der Waals surface area contributed by atoms with E-state index in [2.05, 4.69) is 16.8 Å². The maximum atomic E-state index is 14.9. The number of hydrogen-bond donors (Lipinski definition) is 0. The summed E-state index contributed by atoms with van der Waals surface area (Å²) in [6.07, 6.45) is 4.80. The number of fused-ring (bicyclic) bond motifs is 1. The van der Waals surface area contributed by atoms with Crippen LogP contribution in [-0.2, 0) is 4.79 Å². The minimum absolute atomic E-state index is 0.0841. The van der Waals surface area contributed by atoms with E-state index in [9.17, 15) is 18.0 Å². The van der Waals surface area contributed by atoms with Crippen molar-refractivity contribution in [1.29, 1.82) is 0 Å². The summed E-state index contributed by atoms with van der Waals surface area (Å²) in [6.45, 7) is 5.94. The van der Waals surface area contributed by atoms with E-state index in [1.165, 1.54) is 13.0 Å². The fourth-order valence-corrected chi connectivity index (χ4v) is 4.25. The molecule has 2 aromatic carbocycles. The number of piperidine rings is 1. The molecule has 1 aliphatic heterocycles. The summed E-state index contributed by atoms with van der Waals surface area (Å²) in [5, 5.41) is 0. The van der Waals surface area contributed by atoms with Crippen LogP contribution in [0.1, 0.15) is 38.3 Å². The van der Waals surface area contributed by atoms with Crippen LogP contribution in [0.3, 0.4) is 0 Å². The molecule has 1 saturated heterocycles. The second kappa shape index (κ2) is 8.67. The van der Waals surface area contributed by atoms with Crippen molar-refractivity contribution in [2.75, 3.05) is 19.6 Å². The van der Waals surface area contributed by atoms with Crippen molar-refractivity contribution in [1.82, 2.24) is 14.5 Å². The Morgan fingerprint density at radius 1 is 1.23 bits per heavy atom. The molecule has 0 N–H and O–H groups in total. The third-order valence-electron chi connectivity index (χ3n) is 5.76. The van der Waals surface area contributed by atoms with Crippen molar-refractivity contribution in [3.8, 4) is 11.4 Å². The van der Waals surface area contributed by atoms with Gasteiger partial charge in [-0.05, 0) is 50.6 Å². The average Bonchev–Trinajstić information content (AvgIpc) is 3.18. The Morgan fingerprint density at radius 3 is 2.77 bits per heavy atom. The maximum absolute atomic E-state index is 14.9. The van der Waals surface area contributed by atoms with E-state index >= 15 is 0 Å². The first-order valence-corrected chi connectivity index (χ1v) is 10.5. The molecule has 0 amide bonds. The molecule has 0 aliphatic carbocycles. The maximum Gasteiger partial charge on any atom is 0.184 e. The quantitative estimate of drug-likeness (QED) is 0.405. The van der Waals surface area contributed by atoms with Crippen LogP contribution in [0.4, 0.5) is 13.2 Å². The number of carbonyl (C=O) groups is 1. The number of likely N-dealkylation sites (N-methyl/N-ethyl adjacent to an activating group) is 1. The van der Waals surface area contributed by atoms with Crippen LogP contribution >= 0.6 is 0 Å². The van der Waals surface area contributed by atoms with Crippen LogP contribution in [0.15, 0.2) is 36.4 Å². The molecule has 0 radical (unpaired) electrons. The number of nitrogens with zero attached hydrogens (tertiary/aromatic N) is 3. The lowest BCUT2D eigenvalue weighted by Crippen LogP contribution is -2.36. The molecule has 4 nitrogen and oxygen atoms in total. The van der Waals surface area contributed by atoms with E-state index in [-0.39, 0.29) is 22.9 Å². The van der Waals surface area contributed by atoms with Crippen LogP contribution < -0.4 is 0 Å². The van der Waals surface area contributed by atoms with Crippen molar-refractivity contribution >= 4 is 22.9 Å². The molecule has 31 heavy (non-hydrogen) atoms. The molecule has 1 unspecified atom stereocenters. The van der Waals surface area contributed by atoms with Crippen LogP contribution in [0.5, 0.6) is 0 Å². The predicted octanol–water partition coefficient (Wildman–Crippen LogP) is 5.38. The summed E-state index contributed by atoms with van der Waals surface area (Å²) in [5.74, 6) is -2.89. The van der Waals surface area contributed by atoms with Crippen molar-refractivity contribution in [2.24, 2.45) is 0 Å². The Morgan fingerprint density at radius 2 is 2.03 bits per heavy atom. The van der Waals surface area contributed by atoms with Gasteiger partial charge in [0.1, 0.15) is 16.9 Å². The van der Waals surface area contributed by atoms with Gasteiger partial charge in [-0.25, -0.2) is 18.2 Å². The van der Waals surface area contributed by atoms with E-state index in [0.717, 1.165) is 31.5 Å². The number of imidazole rings is 1. The van der Waals surface area contributed by atoms with Crippen molar-refractivity contribution in [3.63, 3.8) is 0 Å². The molecule has 7 heteroatoms. The molecule has 3 aromatic rings. The number of hydrogen-bond acceptors (Lipinski definition) is 3. The third kappa shape index (κ3) is 4.14. The first kappa shape index (κ1) is 21.3. The highest BCUT2D eigenvalue weighted by Gasteiger charge is 2.29. The first-order valence-electron chi connectivity index (χ1n) is 10.5. The summed E-state index contributed by atoms with van der Waals surface area (Å²) in [6, 6.07) is 7.62. The normalized spacial score (nSPS) is 17.6. The van der Waals surface area contributed by atoms with Crippen molar-refractivity contribution < 1.29 is 18.0 Å². The van der Waals surface area contributed by atoms with Gasteiger partial charge in [-0.1, -0.05) is 31.2 Å². The molecule has 0 spiro atoms. The van der Waals surface area contributed by atoms with Crippen LogP contribution in [-0.4, -0.2) is 39.9 Å². The molecular weight excluding hydrogens is 403 g/mol. The number of allylic oxidation sites excluding steroid dienone is 1. The van der Waals surface area contributed by atoms with Gasteiger partial charge in [0.05, 0.1) is 0 Å². The average molecular weight is 427 g/mol. The molecule has 0 bridgehead atoms. The van der Waals surface area contributed by atoms with Crippen LogP contribution in [0.2, 0.25) is 0 Å². The van der Waals surface area contributed by atoms with Crippen molar-refractivity contribution in [3.05, 3.63) is 59.4 Å². The third-order valence-corrected chi connectivity index (χ3v) is 5.76. The zero-order valence-electron chi connectivity index (χ0n) is 17.5. The van der Waals surface area contributed by atoms with Crippen LogP contribution in [0, 0.1) is 17.5 Å². The lowest BCUT2D eigenvalue weighted by atomic mass is 10.0. The fraction of sp³-hybridized carbons (Fsp3) is 0.333. The molecule has 1 aliphatic rings. The first-order chi connectivity index (χ1) is 14.9. The number of halogens is 3. The molecule has 1 atom stereocenters. The molecule has 1 fully saturated rings. The second-order valence-corrected chi connectivity index (χ2v) is 7.92. The van der Waals surface area contributed by atoms with Gasteiger partial charge in [0.15, 0.2) is 23.2 Å². The Balaban J connectivity index is 1.93. The lowest BCUT2D eigenvalue weighted by molar-refractivity contribution is -0.112. The van der Waals surface area contributed by atoms with E-state index in [1.54, 1.807) is 22.8 Å². The topological polar surface area (TPSA) is 38.1 Å². The number of ketones is 1. The Hall–Kier alpha value is -2.93. The van der Waals surface area contributed by atoms with Gasteiger partial charge in [-0.15, -0.1) is 0 Å². The minimum Gasteiger partial charge on any atom is -0.317 e. The van der Waals surface area contributed by atoms with Gasteiger partial charge >= 0.3 is 0 Å². The Kier molecular flexibility index (Phi) is 5.96. The highest BCUT2D eigenvalue weighted by Crippen LogP contribution is 2.35. The van der Waals surface area contributed by atoms with Gasteiger partial charge < -0.3 is 9.47 Å². The van der Waals surface area contributed by atoms with Crippen LogP contribution in [0.25, 0.3) is 28.5 Å². The molecule has 2 heterocycles. The molecule has 4 rings (SSSR count). The Bertz CT molecular complexity index is 1170. The number of carbonyl (C=O) groups excluding carboxylic acids is 1. The van der Waals surface area contributed by atoms with Gasteiger partial charge in [-0.3, -0.25) is 4.79 Å². The number of benzene rings is 2. The van der Waals surface area contributed by atoms with E-state index in [0.29, 0.717) is 24.0 Å². The monoisotopic (exact) mass is 427 g/mol. The summed E-state index contributed by atoms with van der Waals surface area (Å²) < 4.78 is 45.3. The largest absolute Gasteiger partial charge is 0.317 e. The van der Waals surface area contributed by atoms with Crippen molar-refractivity contribution in [2.45, 2.75) is 32.7 Å². The highest BCUT2D eigenvalue weighted by molar-refractivity contribution is 5.91. The highest BCUT2D eigenvalue weighted by atomic mass is 19.2. The standard InChI is InChI=1S/C24H24F3N3O/c1-3-29-11-5-8-18(14-29)30-23-21(27)19(25)13-20(26)22(23)28-24(30)17-7-4-6-16(12-17)10-9-15(2)31/h4,6-7,9-10,12-13,18H,3,5,8,11,14H2,1-2H3/b10-9+. The second-order valence-electron chi connectivity index (χ2n) is 7.92. The summed E-state index contributed by atoms with van der Waals surface area (Å²) in [4.78, 5) is 17.9. The SMILES string of the molecule is CCN1CCCC(n2c(-c3cccc(/C=C/C(C)=O)c3)nc3c(F)cc(F)c(F)c32)C1. The van der Waals surface area contributed by atoms with Gasteiger partial charge in [0, 0.05) is 24.2 Å². The molecule has 162 valence electrons. The molecule has 0 saturated carbocycles. The van der Waals surface area contributed by atoms with Gasteiger partial charge in [0.25, 0.3) is 0 Å². The Labute approximate surface area is 179 Å².